The molecule has 0 heterocycles. The van der Waals surface area contributed by atoms with E-state index in [1.54, 1.807) is 18.2 Å². The molecule has 0 saturated heterocycles. The van der Waals surface area contributed by atoms with Gasteiger partial charge < -0.3 is 14.8 Å². The standard InChI is InChI=1S/C16H21N3O4/c1-22-13-9-5-6-11(14(13)23-2)10-17-19-16(21)15(20)18-12-7-3-4-8-12/h5-6,9-10,12H,3-4,7-8H2,1-2H3,(H,18,20)(H,19,21)/b17-10-. The first-order chi connectivity index (χ1) is 11.2. The molecule has 7 nitrogen and oxygen atoms in total. The van der Waals surface area contributed by atoms with Gasteiger partial charge in [-0.1, -0.05) is 18.9 Å². The molecule has 1 aromatic rings. The zero-order valence-electron chi connectivity index (χ0n) is 13.3. The number of hydrogen-bond acceptors (Lipinski definition) is 5. The highest BCUT2D eigenvalue weighted by Gasteiger charge is 2.21. The van der Waals surface area contributed by atoms with Crippen LogP contribution in [0, 0.1) is 0 Å². The van der Waals surface area contributed by atoms with Crippen LogP contribution in [0.1, 0.15) is 31.2 Å². The van der Waals surface area contributed by atoms with Crippen molar-refractivity contribution in [1.29, 1.82) is 0 Å². The lowest BCUT2D eigenvalue weighted by Gasteiger charge is -2.10. The predicted octanol–water partition coefficient (Wildman–Crippen LogP) is 1.21. The Morgan fingerprint density at radius 2 is 1.91 bits per heavy atom. The van der Waals surface area contributed by atoms with Crippen molar-refractivity contribution in [2.45, 2.75) is 31.7 Å². The van der Waals surface area contributed by atoms with E-state index in [9.17, 15) is 9.59 Å². The summed E-state index contributed by atoms with van der Waals surface area (Å²) in [4.78, 5) is 23.4. The number of rotatable bonds is 5. The summed E-state index contributed by atoms with van der Waals surface area (Å²) in [7, 11) is 3.05. The van der Waals surface area contributed by atoms with Gasteiger partial charge in [0.25, 0.3) is 0 Å². The van der Waals surface area contributed by atoms with Gasteiger partial charge in [-0.05, 0) is 25.0 Å². The lowest BCUT2D eigenvalue weighted by molar-refractivity contribution is -0.139. The Hall–Kier alpha value is -2.57. The minimum Gasteiger partial charge on any atom is -0.493 e. The van der Waals surface area contributed by atoms with E-state index in [4.69, 9.17) is 9.47 Å². The summed E-state index contributed by atoms with van der Waals surface area (Å²) in [5, 5.41) is 6.50. The normalized spacial score (nSPS) is 14.7. The first-order valence-electron chi connectivity index (χ1n) is 7.50. The molecule has 0 atom stereocenters. The lowest BCUT2D eigenvalue weighted by atomic mass is 10.2. The van der Waals surface area contributed by atoms with Gasteiger partial charge in [0.15, 0.2) is 11.5 Å². The molecule has 1 aliphatic carbocycles. The number of nitrogens with one attached hydrogen (secondary N) is 2. The van der Waals surface area contributed by atoms with Gasteiger partial charge in [0.05, 0.1) is 20.4 Å². The minimum absolute atomic E-state index is 0.0932. The van der Waals surface area contributed by atoms with E-state index in [1.165, 1.54) is 20.4 Å². The molecule has 1 fully saturated rings. The Balaban J connectivity index is 1.93. The molecular formula is C16H21N3O4. The van der Waals surface area contributed by atoms with Crippen molar-refractivity contribution in [2.24, 2.45) is 5.10 Å². The molecule has 2 amide bonds. The average molecular weight is 319 g/mol. The molecule has 1 aromatic carbocycles. The van der Waals surface area contributed by atoms with Gasteiger partial charge in [0, 0.05) is 11.6 Å². The van der Waals surface area contributed by atoms with Crippen LogP contribution < -0.4 is 20.2 Å². The van der Waals surface area contributed by atoms with E-state index in [2.05, 4.69) is 15.8 Å². The largest absolute Gasteiger partial charge is 0.493 e. The van der Waals surface area contributed by atoms with Gasteiger partial charge >= 0.3 is 11.8 Å². The van der Waals surface area contributed by atoms with Crippen molar-refractivity contribution in [2.75, 3.05) is 14.2 Å². The third-order valence-corrected chi connectivity index (χ3v) is 3.70. The average Bonchev–Trinajstić information content (AvgIpc) is 3.07. The second-order valence-corrected chi connectivity index (χ2v) is 5.24. The molecule has 0 bridgehead atoms. The Morgan fingerprint density at radius 3 is 2.57 bits per heavy atom. The van der Waals surface area contributed by atoms with Crippen molar-refractivity contribution >= 4 is 18.0 Å². The predicted molar refractivity (Wildman–Crippen MR) is 85.7 cm³/mol. The zero-order valence-corrected chi connectivity index (χ0v) is 13.3. The second kappa shape index (κ2) is 8.17. The van der Waals surface area contributed by atoms with Crippen LogP contribution in [0.2, 0.25) is 0 Å². The van der Waals surface area contributed by atoms with E-state index in [0.717, 1.165) is 25.7 Å². The maximum Gasteiger partial charge on any atom is 0.329 e. The van der Waals surface area contributed by atoms with Crippen LogP contribution in [0.5, 0.6) is 11.5 Å². The van der Waals surface area contributed by atoms with Crippen LogP contribution in [0.25, 0.3) is 0 Å². The second-order valence-electron chi connectivity index (χ2n) is 5.24. The summed E-state index contributed by atoms with van der Waals surface area (Å²) in [6.07, 6.45) is 5.41. The molecule has 1 saturated carbocycles. The molecule has 0 radical (unpaired) electrons. The number of para-hydroxylation sites is 1. The lowest BCUT2D eigenvalue weighted by Crippen LogP contribution is -2.42. The van der Waals surface area contributed by atoms with Crippen molar-refractivity contribution in [3.8, 4) is 11.5 Å². The summed E-state index contributed by atoms with van der Waals surface area (Å²) < 4.78 is 10.4. The fourth-order valence-corrected chi connectivity index (χ4v) is 2.55. The fraction of sp³-hybridized carbons (Fsp3) is 0.438. The highest BCUT2D eigenvalue weighted by atomic mass is 16.5. The van der Waals surface area contributed by atoms with E-state index >= 15 is 0 Å². The molecular weight excluding hydrogens is 298 g/mol. The van der Waals surface area contributed by atoms with Crippen LogP contribution in [0.3, 0.4) is 0 Å². The molecule has 2 rings (SSSR count). The van der Waals surface area contributed by atoms with Crippen LogP contribution >= 0.6 is 0 Å². The number of benzene rings is 1. The highest BCUT2D eigenvalue weighted by Crippen LogP contribution is 2.29. The summed E-state index contributed by atoms with van der Waals surface area (Å²) >= 11 is 0. The maximum atomic E-state index is 11.7. The van der Waals surface area contributed by atoms with Gasteiger partial charge in [-0.25, -0.2) is 5.43 Å². The monoisotopic (exact) mass is 319 g/mol. The van der Waals surface area contributed by atoms with Gasteiger partial charge in [-0.15, -0.1) is 0 Å². The third-order valence-electron chi connectivity index (χ3n) is 3.70. The summed E-state index contributed by atoms with van der Waals surface area (Å²) in [5.41, 5.74) is 2.84. The van der Waals surface area contributed by atoms with Crippen LogP contribution in [-0.2, 0) is 9.59 Å². The van der Waals surface area contributed by atoms with Crippen molar-refractivity contribution in [3.63, 3.8) is 0 Å². The zero-order chi connectivity index (χ0) is 16.7. The number of carbonyl (C=O) groups excluding carboxylic acids is 2. The number of nitrogens with zero attached hydrogens (tertiary/aromatic N) is 1. The van der Waals surface area contributed by atoms with Crippen LogP contribution in [0.15, 0.2) is 23.3 Å². The molecule has 1 aliphatic rings. The van der Waals surface area contributed by atoms with E-state index in [-0.39, 0.29) is 6.04 Å². The number of ether oxygens (including phenoxy) is 2. The summed E-state index contributed by atoms with van der Waals surface area (Å²) in [5.74, 6) is -0.383. The molecule has 2 N–H and O–H groups in total. The van der Waals surface area contributed by atoms with Crippen LogP contribution in [0.4, 0.5) is 0 Å². The molecule has 7 heteroatoms. The minimum atomic E-state index is -0.782. The van der Waals surface area contributed by atoms with E-state index in [1.807, 2.05) is 0 Å². The van der Waals surface area contributed by atoms with Gasteiger partial charge in [0.2, 0.25) is 0 Å². The Bertz CT molecular complexity index is 595. The van der Waals surface area contributed by atoms with Crippen LogP contribution in [-0.4, -0.2) is 38.3 Å². The van der Waals surface area contributed by atoms with E-state index in [0.29, 0.717) is 17.1 Å². The number of hydrazone groups is 1. The third kappa shape index (κ3) is 4.45. The quantitative estimate of drug-likeness (QED) is 0.485. The Morgan fingerprint density at radius 1 is 1.17 bits per heavy atom. The van der Waals surface area contributed by atoms with Gasteiger partial charge in [-0.2, -0.15) is 5.10 Å². The summed E-state index contributed by atoms with van der Waals surface area (Å²) in [6, 6.07) is 5.38. The maximum absolute atomic E-state index is 11.7. The first kappa shape index (κ1) is 16.8. The molecule has 0 aromatic heterocycles. The SMILES string of the molecule is COc1cccc(/C=N\NC(=O)C(=O)NC2CCCC2)c1OC. The smallest absolute Gasteiger partial charge is 0.329 e. The van der Waals surface area contributed by atoms with Crippen molar-refractivity contribution in [1.82, 2.24) is 10.7 Å². The number of methoxy groups -OCH3 is 2. The molecule has 23 heavy (non-hydrogen) atoms. The van der Waals surface area contributed by atoms with Gasteiger partial charge in [0.1, 0.15) is 0 Å². The first-order valence-corrected chi connectivity index (χ1v) is 7.50. The highest BCUT2D eigenvalue weighted by molar-refractivity contribution is 6.35. The van der Waals surface area contributed by atoms with Crippen molar-refractivity contribution in [3.05, 3.63) is 23.8 Å². The number of carbonyl (C=O) groups is 2. The number of amides is 2. The molecule has 0 unspecified atom stereocenters. The molecule has 124 valence electrons. The fourth-order valence-electron chi connectivity index (χ4n) is 2.55. The van der Waals surface area contributed by atoms with Gasteiger partial charge in [-0.3, -0.25) is 9.59 Å². The van der Waals surface area contributed by atoms with E-state index < -0.39 is 11.8 Å². The molecule has 0 spiro atoms. The van der Waals surface area contributed by atoms with Crippen molar-refractivity contribution < 1.29 is 19.1 Å². The Kier molecular flexibility index (Phi) is 5.96. The molecule has 0 aliphatic heterocycles. The Labute approximate surface area is 135 Å². The summed E-state index contributed by atoms with van der Waals surface area (Å²) in [6.45, 7) is 0. The topological polar surface area (TPSA) is 89.0 Å². The number of hydrogen-bond donors (Lipinski definition) is 2.